The van der Waals surface area contributed by atoms with Crippen molar-refractivity contribution in [2.24, 2.45) is 0 Å². The molecule has 0 spiro atoms. The Balaban J connectivity index is 1.40. The maximum Gasteiger partial charge on any atom is 0.186 e. The summed E-state index contributed by atoms with van der Waals surface area (Å²) in [4.78, 5) is 9.86. The van der Waals surface area contributed by atoms with Gasteiger partial charge in [0.05, 0.1) is 5.52 Å². The van der Waals surface area contributed by atoms with Crippen LogP contribution in [0.3, 0.4) is 0 Å². The molecule has 2 aromatic heterocycles. The highest BCUT2D eigenvalue weighted by molar-refractivity contribution is 6.30. The molecule has 0 bridgehead atoms. The van der Waals surface area contributed by atoms with Gasteiger partial charge in [0.15, 0.2) is 5.65 Å². The lowest BCUT2D eigenvalue weighted by atomic mass is 10.1. The fourth-order valence-corrected chi connectivity index (χ4v) is 4.53. The molecule has 3 heterocycles. The summed E-state index contributed by atoms with van der Waals surface area (Å²) in [7, 11) is 0. The number of hydrogen-bond acceptors (Lipinski definition) is 5. The van der Waals surface area contributed by atoms with E-state index >= 15 is 0 Å². The zero-order chi connectivity index (χ0) is 21.5. The molecule has 0 amide bonds. The molecule has 1 aliphatic heterocycles. The molecule has 1 fully saturated rings. The summed E-state index contributed by atoms with van der Waals surface area (Å²) >= 11 is 6.06. The molecule has 32 heavy (non-hydrogen) atoms. The highest BCUT2D eigenvalue weighted by atomic mass is 35.5. The first-order valence-electron chi connectivity index (χ1n) is 10.7. The summed E-state index contributed by atoms with van der Waals surface area (Å²) < 4.78 is 1.85. The van der Waals surface area contributed by atoms with Gasteiger partial charge in [-0.1, -0.05) is 59.3 Å². The van der Waals surface area contributed by atoms with E-state index in [-0.39, 0.29) is 0 Å². The van der Waals surface area contributed by atoms with E-state index in [1.165, 1.54) is 5.69 Å². The Hall–Kier alpha value is -3.64. The predicted molar refractivity (Wildman–Crippen MR) is 130 cm³/mol. The van der Waals surface area contributed by atoms with Crippen LogP contribution in [-0.2, 0) is 0 Å². The Labute approximate surface area is 190 Å². The monoisotopic (exact) mass is 440 g/mol. The van der Waals surface area contributed by atoms with Crippen molar-refractivity contribution in [3.05, 3.63) is 83.9 Å². The third kappa shape index (κ3) is 3.24. The van der Waals surface area contributed by atoms with Gasteiger partial charge in [-0.15, -0.1) is 5.10 Å². The smallest absolute Gasteiger partial charge is 0.186 e. The predicted octanol–water partition coefficient (Wildman–Crippen LogP) is 4.92. The van der Waals surface area contributed by atoms with Gasteiger partial charge in [-0.05, 0) is 36.4 Å². The van der Waals surface area contributed by atoms with E-state index in [4.69, 9.17) is 16.6 Å². The van der Waals surface area contributed by atoms with E-state index in [0.717, 1.165) is 64.8 Å². The third-order valence-electron chi connectivity index (χ3n) is 6.05. The number of piperazine rings is 1. The van der Waals surface area contributed by atoms with Crippen LogP contribution in [0.25, 0.3) is 27.8 Å². The standard InChI is InChI=1S/C25H21ClN6/c26-19-10-12-20(13-11-19)30-14-16-31(17-15-30)24-21-8-4-5-9-22(21)32-25(27-24)23(28-29-32)18-6-2-1-3-7-18/h1-13H,14-17H2. The number of anilines is 2. The van der Waals surface area contributed by atoms with E-state index < -0.39 is 0 Å². The molecular formula is C25H21ClN6. The van der Waals surface area contributed by atoms with Gasteiger partial charge in [-0.3, -0.25) is 0 Å². The van der Waals surface area contributed by atoms with Gasteiger partial charge in [0, 0.05) is 47.8 Å². The van der Waals surface area contributed by atoms with Crippen molar-refractivity contribution in [1.29, 1.82) is 0 Å². The lowest BCUT2D eigenvalue weighted by molar-refractivity contribution is 0.649. The first kappa shape index (κ1) is 19.1. The molecule has 7 heteroatoms. The van der Waals surface area contributed by atoms with Gasteiger partial charge in [0.25, 0.3) is 0 Å². The van der Waals surface area contributed by atoms with Crippen LogP contribution < -0.4 is 9.80 Å². The second-order valence-corrected chi connectivity index (χ2v) is 8.38. The molecule has 158 valence electrons. The zero-order valence-corrected chi connectivity index (χ0v) is 18.2. The Morgan fingerprint density at radius 2 is 1.41 bits per heavy atom. The van der Waals surface area contributed by atoms with Gasteiger partial charge in [0.2, 0.25) is 0 Å². The van der Waals surface area contributed by atoms with Gasteiger partial charge in [-0.2, -0.15) is 4.52 Å². The van der Waals surface area contributed by atoms with Crippen molar-refractivity contribution in [3.63, 3.8) is 0 Å². The number of rotatable bonds is 3. The normalized spacial score (nSPS) is 14.4. The minimum Gasteiger partial charge on any atom is -0.368 e. The van der Waals surface area contributed by atoms with Crippen molar-refractivity contribution in [3.8, 4) is 11.3 Å². The fraction of sp³-hybridized carbons (Fsp3) is 0.160. The Kier molecular flexibility index (Phi) is 4.65. The number of benzene rings is 3. The summed E-state index contributed by atoms with van der Waals surface area (Å²) in [5.74, 6) is 0.989. The van der Waals surface area contributed by atoms with Crippen molar-refractivity contribution < 1.29 is 0 Å². The van der Waals surface area contributed by atoms with Crippen molar-refractivity contribution in [2.45, 2.75) is 0 Å². The molecule has 5 aromatic rings. The van der Waals surface area contributed by atoms with Crippen LogP contribution in [0.1, 0.15) is 0 Å². The summed E-state index contributed by atoms with van der Waals surface area (Å²) in [6.07, 6.45) is 0. The van der Waals surface area contributed by atoms with Crippen molar-refractivity contribution in [1.82, 2.24) is 19.8 Å². The average Bonchev–Trinajstić information content (AvgIpc) is 3.29. The van der Waals surface area contributed by atoms with Crippen LogP contribution in [0.4, 0.5) is 11.5 Å². The van der Waals surface area contributed by atoms with Crippen LogP contribution in [0.15, 0.2) is 78.9 Å². The Bertz CT molecular complexity index is 1390. The van der Waals surface area contributed by atoms with Gasteiger partial charge in [0.1, 0.15) is 11.5 Å². The summed E-state index contributed by atoms with van der Waals surface area (Å²) in [6, 6.07) is 26.5. The molecule has 1 saturated heterocycles. The molecule has 3 aromatic carbocycles. The van der Waals surface area contributed by atoms with E-state index in [1.807, 2.05) is 53.0 Å². The fourth-order valence-electron chi connectivity index (χ4n) is 4.40. The summed E-state index contributed by atoms with van der Waals surface area (Å²) in [5.41, 5.74) is 4.82. The van der Waals surface area contributed by atoms with E-state index in [9.17, 15) is 0 Å². The van der Waals surface area contributed by atoms with E-state index in [1.54, 1.807) is 0 Å². The molecule has 0 atom stereocenters. The SMILES string of the molecule is Clc1ccc(N2CCN(c3nc4c(-c5ccccc5)nnn4c4ccccc34)CC2)cc1. The minimum absolute atomic E-state index is 0.764. The maximum atomic E-state index is 6.06. The number of nitrogens with zero attached hydrogens (tertiary/aromatic N) is 6. The first-order valence-corrected chi connectivity index (χ1v) is 11.1. The second kappa shape index (κ2) is 7.80. The minimum atomic E-state index is 0.764. The molecule has 0 unspecified atom stereocenters. The quantitative estimate of drug-likeness (QED) is 0.398. The van der Waals surface area contributed by atoms with Crippen LogP contribution in [-0.4, -0.2) is 46.0 Å². The molecule has 6 rings (SSSR count). The van der Waals surface area contributed by atoms with E-state index in [2.05, 4.69) is 50.4 Å². The molecular weight excluding hydrogens is 420 g/mol. The second-order valence-electron chi connectivity index (χ2n) is 7.94. The largest absolute Gasteiger partial charge is 0.368 e. The van der Waals surface area contributed by atoms with Crippen molar-refractivity contribution >= 4 is 39.7 Å². The van der Waals surface area contributed by atoms with E-state index in [0.29, 0.717) is 0 Å². The zero-order valence-electron chi connectivity index (χ0n) is 17.4. The van der Waals surface area contributed by atoms with Gasteiger partial charge in [-0.25, -0.2) is 4.98 Å². The molecule has 1 aliphatic rings. The highest BCUT2D eigenvalue weighted by Gasteiger charge is 2.23. The van der Waals surface area contributed by atoms with Gasteiger partial charge < -0.3 is 9.80 Å². The van der Waals surface area contributed by atoms with Crippen molar-refractivity contribution in [2.75, 3.05) is 36.0 Å². The number of fused-ring (bicyclic) bond motifs is 3. The first-order chi connectivity index (χ1) is 15.8. The summed E-state index contributed by atoms with van der Waals surface area (Å²) in [6.45, 7) is 3.62. The molecule has 0 N–H and O–H groups in total. The molecule has 0 radical (unpaired) electrons. The third-order valence-corrected chi connectivity index (χ3v) is 6.30. The summed E-state index contributed by atoms with van der Waals surface area (Å²) in [5, 5.41) is 10.8. The van der Waals surface area contributed by atoms with Crippen LogP contribution in [0, 0.1) is 0 Å². The van der Waals surface area contributed by atoms with Crippen LogP contribution >= 0.6 is 11.6 Å². The topological polar surface area (TPSA) is 49.6 Å². The van der Waals surface area contributed by atoms with Crippen LogP contribution in [0.2, 0.25) is 5.02 Å². The molecule has 0 aliphatic carbocycles. The highest BCUT2D eigenvalue weighted by Crippen LogP contribution is 2.31. The number of aromatic nitrogens is 4. The van der Waals surface area contributed by atoms with Gasteiger partial charge >= 0.3 is 0 Å². The lowest BCUT2D eigenvalue weighted by Crippen LogP contribution is -2.47. The molecule has 6 nitrogen and oxygen atoms in total. The Morgan fingerprint density at radius 3 is 2.19 bits per heavy atom. The maximum absolute atomic E-state index is 6.06. The van der Waals surface area contributed by atoms with Crippen LogP contribution in [0.5, 0.6) is 0 Å². The number of hydrogen-bond donors (Lipinski definition) is 0. The number of halogens is 1. The average molecular weight is 441 g/mol. The Morgan fingerprint density at radius 1 is 0.719 bits per heavy atom. The number of para-hydroxylation sites is 1. The lowest BCUT2D eigenvalue weighted by Gasteiger charge is -2.37. The molecule has 0 saturated carbocycles.